The van der Waals surface area contributed by atoms with Crippen molar-refractivity contribution in [3.63, 3.8) is 0 Å². The van der Waals surface area contributed by atoms with Gasteiger partial charge in [0.15, 0.2) is 5.96 Å². The molecule has 21 heavy (non-hydrogen) atoms. The van der Waals surface area contributed by atoms with Crippen molar-refractivity contribution in [2.24, 2.45) is 4.99 Å². The van der Waals surface area contributed by atoms with E-state index in [2.05, 4.69) is 55.5 Å². The van der Waals surface area contributed by atoms with Crippen molar-refractivity contribution in [1.82, 2.24) is 10.6 Å². The highest BCUT2D eigenvalue weighted by molar-refractivity contribution is 14.0. The van der Waals surface area contributed by atoms with Crippen LogP contribution in [0.25, 0.3) is 0 Å². The fourth-order valence-electron chi connectivity index (χ4n) is 1.92. The minimum absolute atomic E-state index is 0. The largest absolute Gasteiger partial charge is 0.497 e. The lowest BCUT2D eigenvalue weighted by molar-refractivity contribution is 0.414. The number of aliphatic imine (C=N–C) groups is 1. The van der Waals surface area contributed by atoms with Gasteiger partial charge in [0.05, 0.1) is 7.11 Å². The van der Waals surface area contributed by atoms with Crippen LogP contribution in [-0.4, -0.2) is 32.7 Å². The summed E-state index contributed by atoms with van der Waals surface area (Å²) in [5, 5.41) is 6.67. The molecular formula is C16H28IN3O. The Morgan fingerprint density at radius 1 is 1.24 bits per heavy atom. The second-order valence-electron chi connectivity index (χ2n) is 5.84. The number of benzene rings is 1. The van der Waals surface area contributed by atoms with Crippen molar-refractivity contribution in [2.75, 3.05) is 20.7 Å². The molecule has 1 aromatic rings. The Kier molecular flexibility index (Phi) is 8.70. The number of nitrogens with zero attached hydrogens (tertiary/aromatic N) is 1. The van der Waals surface area contributed by atoms with Gasteiger partial charge in [-0.25, -0.2) is 0 Å². The molecule has 0 aliphatic rings. The zero-order valence-electron chi connectivity index (χ0n) is 13.9. The highest BCUT2D eigenvalue weighted by Crippen LogP contribution is 2.24. The normalized spacial score (nSPS) is 11.9. The van der Waals surface area contributed by atoms with Gasteiger partial charge in [-0.15, -0.1) is 24.0 Å². The van der Waals surface area contributed by atoms with E-state index in [1.54, 1.807) is 14.2 Å². The van der Waals surface area contributed by atoms with Crippen LogP contribution in [0.4, 0.5) is 0 Å². The van der Waals surface area contributed by atoms with Crippen molar-refractivity contribution in [1.29, 1.82) is 0 Å². The maximum atomic E-state index is 5.20. The Hall–Kier alpha value is -0.980. The Labute approximate surface area is 145 Å². The highest BCUT2D eigenvalue weighted by atomic mass is 127. The van der Waals surface area contributed by atoms with Gasteiger partial charge in [0.2, 0.25) is 0 Å². The first kappa shape index (κ1) is 20.0. The molecule has 120 valence electrons. The first-order valence-electron chi connectivity index (χ1n) is 7.01. The average molecular weight is 405 g/mol. The summed E-state index contributed by atoms with van der Waals surface area (Å²) >= 11 is 0. The van der Waals surface area contributed by atoms with E-state index in [1.807, 2.05) is 12.1 Å². The molecule has 0 unspecified atom stereocenters. The predicted octanol–water partition coefficient (Wildman–Crippen LogP) is 3.16. The monoisotopic (exact) mass is 405 g/mol. The van der Waals surface area contributed by atoms with E-state index in [0.29, 0.717) is 6.04 Å². The molecule has 1 aromatic carbocycles. The Morgan fingerprint density at radius 3 is 2.24 bits per heavy atom. The van der Waals surface area contributed by atoms with Crippen LogP contribution in [0.1, 0.15) is 33.3 Å². The average Bonchev–Trinajstić information content (AvgIpc) is 2.43. The van der Waals surface area contributed by atoms with E-state index in [4.69, 9.17) is 4.74 Å². The Bertz CT molecular complexity index is 441. The van der Waals surface area contributed by atoms with Gasteiger partial charge >= 0.3 is 0 Å². The number of hydrogen-bond donors (Lipinski definition) is 2. The number of halogens is 1. The molecular weight excluding hydrogens is 377 g/mol. The van der Waals surface area contributed by atoms with Gasteiger partial charge in [-0.3, -0.25) is 4.99 Å². The van der Waals surface area contributed by atoms with Gasteiger partial charge in [-0.1, -0.05) is 26.0 Å². The van der Waals surface area contributed by atoms with Crippen LogP contribution in [0.5, 0.6) is 5.75 Å². The lowest BCUT2D eigenvalue weighted by Gasteiger charge is -2.27. The molecule has 0 heterocycles. The van der Waals surface area contributed by atoms with Crippen molar-refractivity contribution in [3.8, 4) is 5.75 Å². The third-order valence-electron chi connectivity index (χ3n) is 3.22. The quantitative estimate of drug-likeness (QED) is 0.450. The Morgan fingerprint density at radius 2 is 1.81 bits per heavy atom. The molecule has 0 amide bonds. The Balaban J connectivity index is 0.00000400. The molecule has 1 rings (SSSR count). The topological polar surface area (TPSA) is 45.7 Å². The van der Waals surface area contributed by atoms with Gasteiger partial charge in [-0.05, 0) is 31.5 Å². The van der Waals surface area contributed by atoms with Crippen molar-refractivity contribution in [2.45, 2.75) is 39.2 Å². The molecule has 0 aliphatic carbocycles. The van der Waals surface area contributed by atoms with Crippen LogP contribution in [0.15, 0.2) is 29.3 Å². The number of methoxy groups -OCH3 is 1. The molecule has 0 aliphatic heterocycles. The smallest absolute Gasteiger partial charge is 0.191 e. The number of hydrogen-bond acceptors (Lipinski definition) is 2. The minimum Gasteiger partial charge on any atom is -0.497 e. The van der Waals surface area contributed by atoms with Crippen molar-refractivity contribution < 1.29 is 4.74 Å². The number of ether oxygens (including phenoxy) is 1. The van der Waals surface area contributed by atoms with E-state index >= 15 is 0 Å². The van der Waals surface area contributed by atoms with Gasteiger partial charge in [0, 0.05) is 25.0 Å². The van der Waals surface area contributed by atoms with Crippen LogP contribution in [-0.2, 0) is 5.41 Å². The van der Waals surface area contributed by atoms with Crippen LogP contribution in [0, 0.1) is 0 Å². The summed E-state index contributed by atoms with van der Waals surface area (Å²) in [6, 6.07) is 8.58. The summed E-state index contributed by atoms with van der Waals surface area (Å²) in [4.78, 5) is 4.23. The van der Waals surface area contributed by atoms with E-state index in [9.17, 15) is 0 Å². The zero-order valence-corrected chi connectivity index (χ0v) is 16.2. The SMILES string of the molecule is CN=C(NCC(C)(C)c1ccc(OC)cc1)NC(C)C.I. The molecule has 0 spiro atoms. The zero-order chi connectivity index (χ0) is 15.2. The molecule has 0 saturated heterocycles. The van der Waals surface area contributed by atoms with E-state index < -0.39 is 0 Å². The fourth-order valence-corrected chi connectivity index (χ4v) is 1.92. The number of nitrogens with one attached hydrogen (secondary N) is 2. The number of rotatable bonds is 5. The molecule has 5 heteroatoms. The molecule has 0 atom stereocenters. The molecule has 0 aromatic heterocycles. The summed E-state index contributed by atoms with van der Waals surface area (Å²) in [6.07, 6.45) is 0. The van der Waals surface area contributed by atoms with Gasteiger partial charge in [0.25, 0.3) is 0 Å². The van der Waals surface area contributed by atoms with Crippen molar-refractivity contribution in [3.05, 3.63) is 29.8 Å². The predicted molar refractivity (Wildman–Crippen MR) is 101 cm³/mol. The molecule has 0 bridgehead atoms. The molecule has 2 N–H and O–H groups in total. The molecule has 0 fully saturated rings. The second kappa shape index (κ2) is 9.12. The fraction of sp³-hybridized carbons (Fsp3) is 0.562. The summed E-state index contributed by atoms with van der Waals surface area (Å²) in [5.74, 6) is 1.72. The summed E-state index contributed by atoms with van der Waals surface area (Å²) in [7, 11) is 3.47. The lowest BCUT2D eigenvalue weighted by Crippen LogP contribution is -2.45. The molecule has 4 nitrogen and oxygen atoms in total. The third-order valence-corrected chi connectivity index (χ3v) is 3.22. The first-order chi connectivity index (χ1) is 9.39. The van der Waals surface area contributed by atoms with E-state index in [1.165, 1.54) is 5.56 Å². The summed E-state index contributed by atoms with van der Waals surface area (Å²) in [5.41, 5.74) is 1.28. The van der Waals surface area contributed by atoms with Crippen molar-refractivity contribution >= 4 is 29.9 Å². The van der Waals surface area contributed by atoms with E-state index in [0.717, 1.165) is 18.3 Å². The third kappa shape index (κ3) is 6.54. The minimum atomic E-state index is 0. The summed E-state index contributed by atoms with van der Waals surface area (Å²) < 4.78 is 5.20. The standard InChI is InChI=1S/C16H27N3O.HI/c1-12(2)19-15(17-5)18-11-16(3,4)13-7-9-14(20-6)10-8-13;/h7-10,12H,11H2,1-6H3,(H2,17,18,19);1H. The first-order valence-corrected chi connectivity index (χ1v) is 7.01. The van der Waals surface area contributed by atoms with E-state index in [-0.39, 0.29) is 29.4 Å². The number of guanidine groups is 1. The van der Waals surface area contributed by atoms with Crippen LogP contribution >= 0.6 is 24.0 Å². The molecule has 0 radical (unpaired) electrons. The van der Waals surface area contributed by atoms with Crippen LogP contribution in [0.3, 0.4) is 0 Å². The lowest BCUT2D eigenvalue weighted by atomic mass is 9.84. The van der Waals surface area contributed by atoms with Gasteiger partial charge in [0.1, 0.15) is 5.75 Å². The van der Waals surface area contributed by atoms with Gasteiger partial charge in [-0.2, -0.15) is 0 Å². The van der Waals surface area contributed by atoms with Crippen LogP contribution < -0.4 is 15.4 Å². The summed E-state index contributed by atoms with van der Waals surface area (Å²) in [6.45, 7) is 9.43. The highest BCUT2D eigenvalue weighted by Gasteiger charge is 2.21. The maximum absolute atomic E-state index is 5.20. The van der Waals surface area contributed by atoms with Gasteiger partial charge < -0.3 is 15.4 Å². The maximum Gasteiger partial charge on any atom is 0.191 e. The van der Waals surface area contributed by atoms with Crippen LogP contribution in [0.2, 0.25) is 0 Å². The molecule has 0 saturated carbocycles. The second-order valence-corrected chi connectivity index (χ2v) is 5.84.